The molecule has 3 rings (SSSR count). The molecule has 1 aliphatic heterocycles. The number of aromatic amines is 2. The Bertz CT molecular complexity index is 913. The zero-order chi connectivity index (χ0) is 20.3. The van der Waals surface area contributed by atoms with Crippen LogP contribution < -0.4 is 11.3 Å². The van der Waals surface area contributed by atoms with E-state index in [2.05, 4.69) is 19.9 Å². The molecule has 0 spiro atoms. The van der Waals surface area contributed by atoms with Crippen LogP contribution in [0.25, 0.3) is 11.0 Å². The fourth-order valence-electron chi connectivity index (χ4n) is 3.57. The van der Waals surface area contributed by atoms with Crippen molar-refractivity contribution in [2.45, 2.75) is 19.6 Å². The normalized spacial score (nSPS) is 22.7. The summed E-state index contributed by atoms with van der Waals surface area (Å²) in [5.74, 6) is 0.0440. The molecule has 11 heteroatoms. The predicted molar refractivity (Wildman–Crippen MR) is 107 cm³/mol. The summed E-state index contributed by atoms with van der Waals surface area (Å²) < 4.78 is 23.4. The first-order valence-electron chi connectivity index (χ1n) is 9.34. The lowest BCUT2D eigenvalue weighted by Gasteiger charge is -2.19. The van der Waals surface area contributed by atoms with E-state index in [1.165, 1.54) is 0 Å². The van der Waals surface area contributed by atoms with Gasteiger partial charge in [0.25, 0.3) is 5.56 Å². The van der Waals surface area contributed by atoms with Gasteiger partial charge in [-0.3, -0.25) is 19.2 Å². The molecule has 28 heavy (non-hydrogen) atoms. The molecular formula is C17H28N5O5P. The van der Waals surface area contributed by atoms with E-state index in [0.717, 1.165) is 5.56 Å². The number of rotatable bonds is 9. The molecule has 0 aliphatic carbocycles. The standard InChI is InChI=1S/C17H28N5O5P/c1-3-27-28(2,25)5-4-26-13-9-22(8-12(13)10-23)7-11-6-19-15-14(11)20-17(18)21-16(15)24/h6,12-13,19,23H,3-5,7-10H2,1-2H3,(H3,18,20,21,24). The number of aliphatic hydroxyl groups excluding tert-OH is 1. The Hall–Kier alpha value is -1.71. The highest BCUT2D eigenvalue weighted by Gasteiger charge is 2.33. The van der Waals surface area contributed by atoms with E-state index in [1.54, 1.807) is 12.9 Å². The highest BCUT2D eigenvalue weighted by Crippen LogP contribution is 2.41. The summed E-state index contributed by atoms with van der Waals surface area (Å²) in [5, 5.41) is 9.70. The molecular weight excluding hydrogens is 385 g/mol. The number of aromatic nitrogens is 3. The monoisotopic (exact) mass is 413 g/mol. The van der Waals surface area contributed by atoms with Crippen LogP contribution in [0.5, 0.6) is 0 Å². The van der Waals surface area contributed by atoms with Crippen molar-refractivity contribution in [1.82, 2.24) is 19.9 Å². The quantitative estimate of drug-likeness (QED) is 0.437. The number of nitrogen functional groups attached to an aromatic ring is 1. The van der Waals surface area contributed by atoms with Gasteiger partial charge in [0.05, 0.1) is 19.3 Å². The van der Waals surface area contributed by atoms with Gasteiger partial charge in [-0.25, -0.2) is 4.98 Å². The first-order chi connectivity index (χ1) is 13.3. The van der Waals surface area contributed by atoms with Crippen molar-refractivity contribution >= 4 is 24.4 Å². The summed E-state index contributed by atoms with van der Waals surface area (Å²) in [6.07, 6.45) is 1.95. The van der Waals surface area contributed by atoms with Crippen molar-refractivity contribution < 1.29 is 18.9 Å². The van der Waals surface area contributed by atoms with Crippen LogP contribution in [-0.4, -0.2) is 76.8 Å². The van der Waals surface area contributed by atoms with E-state index in [1.807, 2.05) is 6.92 Å². The number of hydrogen-bond acceptors (Lipinski definition) is 8. The van der Waals surface area contributed by atoms with Crippen LogP contribution in [0.15, 0.2) is 11.0 Å². The smallest absolute Gasteiger partial charge is 0.276 e. The average Bonchev–Trinajstić information content (AvgIpc) is 3.19. The summed E-state index contributed by atoms with van der Waals surface area (Å²) in [6, 6.07) is 0. The van der Waals surface area contributed by atoms with E-state index in [9.17, 15) is 14.5 Å². The van der Waals surface area contributed by atoms with Crippen LogP contribution >= 0.6 is 7.37 Å². The first-order valence-corrected chi connectivity index (χ1v) is 11.6. The van der Waals surface area contributed by atoms with Gasteiger partial charge in [-0.15, -0.1) is 0 Å². The Balaban J connectivity index is 1.62. The van der Waals surface area contributed by atoms with Crippen molar-refractivity contribution in [3.63, 3.8) is 0 Å². The molecule has 0 saturated carbocycles. The van der Waals surface area contributed by atoms with Gasteiger partial charge >= 0.3 is 0 Å². The average molecular weight is 413 g/mol. The Morgan fingerprint density at radius 1 is 1.46 bits per heavy atom. The minimum Gasteiger partial charge on any atom is -0.396 e. The molecule has 3 atom stereocenters. The second kappa shape index (κ2) is 8.75. The second-order valence-electron chi connectivity index (χ2n) is 7.19. The lowest BCUT2D eigenvalue weighted by molar-refractivity contribution is 0.0262. The topological polar surface area (TPSA) is 147 Å². The number of likely N-dealkylation sites (tertiary alicyclic amines) is 1. The maximum atomic E-state index is 12.2. The molecule has 0 bridgehead atoms. The molecule has 5 N–H and O–H groups in total. The number of nitrogens with one attached hydrogen (secondary N) is 2. The molecule has 1 saturated heterocycles. The van der Waals surface area contributed by atoms with Crippen LogP contribution in [0.2, 0.25) is 0 Å². The molecule has 10 nitrogen and oxygen atoms in total. The Labute approximate surface area is 162 Å². The molecule has 1 aliphatic rings. The van der Waals surface area contributed by atoms with Gasteiger partial charge in [-0.05, 0) is 6.92 Å². The van der Waals surface area contributed by atoms with Crippen molar-refractivity contribution in [3.05, 3.63) is 22.1 Å². The summed E-state index contributed by atoms with van der Waals surface area (Å²) >= 11 is 0. The Kier molecular flexibility index (Phi) is 6.57. The van der Waals surface area contributed by atoms with Crippen LogP contribution in [0.3, 0.4) is 0 Å². The number of nitrogens with two attached hydrogens (primary N) is 1. The van der Waals surface area contributed by atoms with E-state index in [-0.39, 0.29) is 30.1 Å². The van der Waals surface area contributed by atoms with Gasteiger partial charge in [0.15, 0.2) is 0 Å². The van der Waals surface area contributed by atoms with Gasteiger partial charge in [-0.1, -0.05) is 0 Å². The van der Waals surface area contributed by atoms with Crippen LogP contribution in [0.4, 0.5) is 5.95 Å². The molecule has 0 aromatic carbocycles. The van der Waals surface area contributed by atoms with E-state index in [0.29, 0.717) is 50.0 Å². The van der Waals surface area contributed by atoms with E-state index >= 15 is 0 Å². The minimum absolute atomic E-state index is 0.00909. The SMILES string of the molecule is CCOP(C)(=O)CCOC1CN(Cc2c[nH]c3c(=O)[nH]c(N)nc23)CC1CO. The zero-order valence-corrected chi connectivity index (χ0v) is 17.1. The molecule has 1 fully saturated rings. The van der Waals surface area contributed by atoms with Gasteiger partial charge in [-0.2, -0.15) is 0 Å². The van der Waals surface area contributed by atoms with Crippen molar-refractivity contribution in [1.29, 1.82) is 0 Å². The van der Waals surface area contributed by atoms with E-state index < -0.39 is 7.37 Å². The number of aliphatic hydroxyl groups is 1. The fourth-order valence-corrected chi connectivity index (χ4v) is 4.69. The first kappa shape index (κ1) is 21.0. The van der Waals surface area contributed by atoms with Gasteiger partial charge in [0.1, 0.15) is 11.0 Å². The number of H-pyrrole nitrogens is 2. The maximum Gasteiger partial charge on any atom is 0.276 e. The number of anilines is 1. The summed E-state index contributed by atoms with van der Waals surface area (Å²) in [7, 11) is -2.63. The second-order valence-corrected chi connectivity index (χ2v) is 9.92. The molecule has 3 heterocycles. The number of hydrogen-bond donors (Lipinski definition) is 4. The van der Waals surface area contributed by atoms with Gasteiger partial charge < -0.3 is 25.1 Å². The highest BCUT2D eigenvalue weighted by molar-refractivity contribution is 7.58. The Morgan fingerprint density at radius 2 is 2.25 bits per heavy atom. The van der Waals surface area contributed by atoms with Crippen molar-refractivity contribution in [2.24, 2.45) is 5.92 Å². The third-order valence-corrected chi connectivity index (χ3v) is 6.75. The Morgan fingerprint density at radius 3 is 2.96 bits per heavy atom. The number of ether oxygens (including phenoxy) is 1. The zero-order valence-electron chi connectivity index (χ0n) is 16.2. The number of nitrogens with zero attached hydrogens (tertiary/aromatic N) is 2. The lowest BCUT2D eigenvalue weighted by Crippen LogP contribution is -2.26. The minimum atomic E-state index is -2.63. The molecule has 3 unspecified atom stereocenters. The van der Waals surface area contributed by atoms with Crippen molar-refractivity contribution in [2.75, 3.05) is 51.5 Å². The molecule has 2 aromatic heterocycles. The molecule has 0 amide bonds. The van der Waals surface area contributed by atoms with Crippen molar-refractivity contribution in [3.8, 4) is 0 Å². The summed E-state index contributed by atoms with van der Waals surface area (Å²) in [6.45, 7) is 6.00. The maximum absolute atomic E-state index is 12.2. The largest absolute Gasteiger partial charge is 0.396 e. The summed E-state index contributed by atoms with van der Waals surface area (Å²) in [5.41, 5.74) is 7.16. The van der Waals surface area contributed by atoms with Gasteiger partial charge in [0.2, 0.25) is 13.3 Å². The third-order valence-electron chi connectivity index (χ3n) is 4.95. The molecule has 156 valence electrons. The van der Waals surface area contributed by atoms with Crippen LogP contribution in [-0.2, 0) is 20.4 Å². The third kappa shape index (κ3) is 4.82. The fraction of sp³-hybridized carbons (Fsp3) is 0.647. The van der Waals surface area contributed by atoms with Gasteiger partial charge in [0, 0.05) is 56.7 Å². The summed E-state index contributed by atoms with van der Waals surface area (Å²) in [4.78, 5) is 23.7. The lowest BCUT2D eigenvalue weighted by atomic mass is 10.1. The van der Waals surface area contributed by atoms with Crippen LogP contribution in [0.1, 0.15) is 12.5 Å². The highest BCUT2D eigenvalue weighted by atomic mass is 31.2. The molecule has 2 aromatic rings. The molecule has 0 radical (unpaired) electrons. The number of fused-ring (bicyclic) bond motifs is 1. The predicted octanol–water partition coefficient (Wildman–Crippen LogP) is 0.587. The van der Waals surface area contributed by atoms with E-state index in [4.69, 9.17) is 15.0 Å². The van der Waals surface area contributed by atoms with Crippen LogP contribution in [0, 0.1) is 5.92 Å².